The molecule has 0 aromatic heterocycles. The highest BCUT2D eigenvalue weighted by atomic mass is 19.4. The first kappa shape index (κ1) is 22.4. The quantitative estimate of drug-likeness (QED) is 0.525. The fraction of sp³-hybridized carbons (Fsp3) is 0.280. The van der Waals surface area contributed by atoms with Crippen molar-refractivity contribution in [2.75, 3.05) is 0 Å². The molecule has 1 N–H and O–H groups in total. The zero-order chi connectivity index (χ0) is 23.0. The Labute approximate surface area is 178 Å². The van der Waals surface area contributed by atoms with Gasteiger partial charge in [-0.15, -0.1) is 0 Å². The number of nitriles is 1. The second-order valence-corrected chi connectivity index (χ2v) is 8.53. The molecule has 160 valence electrons. The monoisotopic (exact) mass is 425 g/mol. The normalized spacial score (nSPS) is 15.1. The zero-order valence-electron chi connectivity index (χ0n) is 17.4. The zero-order valence-corrected chi connectivity index (χ0v) is 17.4. The van der Waals surface area contributed by atoms with Crippen LogP contribution < -0.4 is 0 Å². The Morgan fingerprint density at radius 1 is 0.871 bits per heavy atom. The molecule has 0 saturated carbocycles. The van der Waals surface area contributed by atoms with Crippen molar-refractivity contribution in [1.82, 2.24) is 0 Å². The van der Waals surface area contributed by atoms with Crippen molar-refractivity contribution in [3.05, 3.63) is 83.4 Å². The predicted molar refractivity (Wildman–Crippen MR) is 112 cm³/mol. The molecular weight excluding hydrogens is 403 g/mol. The topological polar surface area (TPSA) is 61.1 Å². The number of alkyl halides is 3. The molecule has 0 spiro atoms. The van der Waals surface area contributed by atoms with Crippen LogP contribution >= 0.6 is 0 Å². The molecule has 0 saturated heterocycles. The molecule has 0 aliphatic heterocycles. The van der Waals surface area contributed by atoms with Crippen molar-refractivity contribution in [2.24, 2.45) is 11.3 Å². The van der Waals surface area contributed by atoms with Gasteiger partial charge in [-0.2, -0.15) is 18.4 Å². The third-order valence-corrected chi connectivity index (χ3v) is 5.86. The third kappa shape index (κ3) is 3.54. The third-order valence-electron chi connectivity index (χ3n) is 5.86. The van der Waals surface area contributed by atoms with Gasteiger partial charge in [0.1, 0.15) is 0 Å². The molecule has 3 rings (SSSR count). The van der Waals surface area contributed by atoms with Crippen molar-refractivity contribution >= 4 is 16.7 Å². The van der Waals surface area contributed by atoms with Crippen molar-refractivity contribution in [3.63, 3.8) is 0 Å². The van der Waals surface area contributed by atoms with Crippen LogP contribution in [0, 0.1) is 22.7 Å². The maximum absolute atomic E-state index is 14.1. The molecule has 3 aromatic rings. The average molecular weight is 425 g/mol. The minimum absolute atomic E-state index is 0.222. The lowest BCUT2D eigenvalue weighted by molar-refractivity contribution is -0.145. The standard InChI is InChI=1S/C25H22F3NO2/c1-23(2,3)24(21(15-29)22(30)31,19-12-6-7-13-20(19)25(26,27)28)18-14-8-10-16-9-4-5-11-17(16)18/h4-14,21H,1-3H3,(H,30,31). The van der Waals surface area contributed by atoms with Gasteiger partial charge >= 0.3 is 12.1 Å². The summed E-state index contributed by atoms with van der Waals surface area (Å²) in [4.78, 5) is 12.4. The summed E-state index contributed by atoms with van der Waals surface area (Å²) in [5.74, 6) is -3.23. The molecule has 0 fully saturated rings. The van der Waals surface area contributed by atoms with Gasteiger partial charge in [0.25, 0.3) is 0 Å². The highest BCUT2D eigenvalue weighted by Crippen LogP contribution is 2.56. The second-order valence-electron chi connectivity index (χ2n) is 8.53. The first-order valence-electron chi connectivity index (χ1n) is 9.73. The summed E-state index contributed by atoms with van der Waals surface area (Å²) < 4.78 is 42.4. The van der Waals surface area contributed by atoms with Crippen molar-refractivity contribution in [3.8, 4) is 6.07 Å². The van der Waals surface area contributed by atoms with Crippen LogP contribution in [0.4, 0.5) is 13.2 Å². The van der Waals surface area contributed by atoms with E-state index in [4.69, 9.17) is 0 Å². The van der Waals surface area contributed by atoms with Crippen LogP contribution in [0.2, 0.25) is 0 Å². The molecule has 6 heteroatoms. The van der Waals surface area contributed by atoms with E-state index in [0.717, 1.165) is 11.5 Å². The lowest BCUT2D eigenvalue weighted by Gasteiger charge is -2.48. The van der Waals surface area contributed by atoms with Gasteiger partial charge in [0.2, 0.25) is 0 Å². The lowest BCUT2D eigenvalue weighted by atomic mass is 9.52. The summed E-state index contributed by atoms with van der Waals surface area (Å²) >= 11 is 0. The van der Waals surface area contributed by atoms with E-state index in [9.17, 15) is 28.3 Å². The van der Waals surface area contributed by atoms with Crippen molar-refractivity contribution < 1.29 is 23.1 Å². The highest BCUT2D eigenvalue weighted by Gasteiger charge is 2.57. The van der Waals surface area contributed by atoms with Crippen LogP contribution in [0.3, 0.4) is 0 Å². The Kier molecular flexibility index (Phi) is 5.58. The Morgan fingerprint density at radius 2 is 1.39 bits per heavy atom. The van der Waals surface area contributed by atoms with Crippen LogP contribution in [0.5, 0.6) is 0 Å². The van der Waals surface area contributed by atoms with E-state index in [-0.39, 0.29) is 5.56 Å². The van der Waals surface area contributed by atoms with Crippen LogP contribution in [-0.4, -0.2) is 11.1 Å². The number of carbonyl (C=O) groups is 1. The number of benzene rings is 3. The first-order chi connectivity index (χ1) is 14.5. The number of hydrogen-bond acceptors (Lipinski definition) is 2. The Balaban J connectivity index is 2.64. The summed E-state index contributed by atoms with van der Waals surface area (Å²) in [6.45, 7) is 5.03. The summed E-state index contributed by atoms with van der Waals surface area (Å²) in [5, 5.41) is 21.4. The molecule has 2 unspecified atom stereocenters. The lowest BCUT2D eigenvalue weighted by Crippen LogP contribution is -2.51. The number of nitrogens with zero attached hydrogens (tertiary/aromatic N) is 1. The number of fused-ring (bicyclic) bond motifs is 1. The molecule has 0 aliphatic carbocycles. The predicted octanol–water partition coefficient (Wildman–Crippen LogP) is 6.42. The van der Waals surface area contributed by atoms with E-state index >= 15 is 0 Å². The number of hydrogen-bond donors (Lipinski definition) is 1. The summed E-state index contributed by atoms with van der Waals surface area (Å²) in [5.41, 5.74) is -3.65. The van der Waals surface area contributed by atoms with Crippen molar-refractivity contribution in [2.45, 2.75) is 32.4 Å². The summed E-state index contributed by atoms with van der Waals surface area (Å²) in [7, 11) is 0. The van der Waals surface area contributed by atoms with E-state index in [1.165, 1.54) is 18.2 Å². The number of carboxylic acids is 1. The maximum Gasteiger partial charge on any atom is 0.416 e. The average Bonchev–Trinajstić information content (AvgIpc) is 2.70. The van der Waals surface area contributed by atoms with E-state index < -0.39 is 34.5 Å². The fourth-order valence-corrected chi connectivity index (χ4v) is 4.68. The molecule has 3 aromatic carbocycles. The molecular formula is C25H22F3NO2. The van der Waals surface area contributed by atoms with Crippen molar-refractivity contribution in [1.29, 1.82) is 5.26 Å². The highest BCUT2D eigenvalue weighted by molar-refractivity contribution is 5.89. The number of rotatable bonds is 4. The molecule has 3 nitrogen and oxygen atoms in total. The fourth-order valence-electron chi connectivity index (χ4n) is 4.68. The van der Waals surface area contributed by atoms with E-state index in [1.807, 2.05) is 18.2 Å². The number of halogens is 3. The number of aliphatic carboxylic acids is 1. The van der Waals surface area contributed by atoms with Gasteiger partial charge in [0.15, 0.2) is 5.92 Å². The molecule has 0 radical (unpaired) electrons. The minimum Gasteiger partial charge on any atom is -0.480 e. The summed E-state index contributed by atoms with van der Waals surface area (Å²) in [6, 6.07) is 19.0. The van der Waals surface area contributed by atoms with E-state index in [2.05, 4.69) is 0 Å². The van der Waals surface area contributed by atoms with Gasteiger partial charge in [-0.25, -0.2) is 0 Å². The Hall–Kier alpha value is -3.33. The minimum atomic E-state index is -4.73. The van der Waals surface area contributed by atoms with Crippen LogP contribution in [0.15, 0.2) is 66.7 Å². The SMILES string of the molecule is CC(C)(C)C(c1ccccc1C(F)(F)F)(c1cccc2ccccc12)C(C#N)C(=O)O. The smallest absolute Gasteiger partial charge is 0.416 e. The van der Waals surface area contributed by atoms with Gasteiger partial charge in [-0.3, -0.25) is 4.79 Å². The van der Waals surface area contributed by atoms with Crippen LogP contribution in [-0.2, 0) is 16.4 Å². The van der Waals surface area contributed by atoms with Crippen LogP contribution in [0.1, 0.15) is 37.5 Å². The molecule has 2 atom stereocenters. The first-order valence-corrected chi connectivity index (χ1v) is 9.73. The van der Waals surface area contributed by atoms with Crippen LogP contribution in [0.25, 0.3) is 10.8 Å². The number of carboxylic acid groups (broad SMARTS) is 1. The van der Waals surface area contributed by atoms with E-state index in [0.29, 0.717) is 10.9 Å². The largest absolute Gasteiger partial charge is 0.480 e. The Bertz CT molecular complexity index is 1170. The molecule has 0 heterocycles. The summed E-state index contributed by atoms with van der Waals surface area (Å²) in [6.07, 6.45) is -4.73. The Morgan fingerprint density at radius 3 is 1.94 bits per heavy atom. The molecule has 0 aliphatic rings. The van der Waals surface area contributed by atoms with Gasteiger partial charge in [0, 0.05) is 0 Å². The van der Waals surface area contributed by atoms with Gasteiger partial charge in [-0.05, 0) is 33.4 Å². The van der Waals surface area contributed by atoms with Gasteiger partial charge < -0.3 is 5.11 Å². The van der Waals surface area contributed by atoms with E-state index in [1.54, 1.807) is 51.1 Å². The molecule has 0 amide bonds. The molecule has 0 bridgehead atoms. The second kappa shape index (κ2) is 7.73. The maximum atomic E-state index is 14.1. The van der Waals surface area contributed by atoms with Gasteiger partial charge in [-0.1, -0.05) is 81.4 Å². The van der Waals surface area contributed by atoms with Gasteiger partial charge in [0.05, 0.1) is 17.0 Å². The molecule has 31 heavy (non-hydrogen) atoms.